The van der Waals surface area contributed by atoms with Crippen LogP contribution in [0.15, 0.2) is 0 Å². The summed E-state index contributed by atoms with van der Waals surface area (Å²) in [6.07, 6.45) is 3.38. The average Bonchev–Trinajstić information content (AvgIpc) is 2.75. The van der Waals surface area contributed by atoms with Crippen molar-refractivity contribution in [2.24, 2.45) is 17.8 Å². The number of carbonyl (C=O) groups excluding carboxylic acids is 1. The van der Waals surface area contributed by atoms with Crippen LogP contribution in [0.3, 0.4) is 0 Å². The Labute approximate surface area is 124 Å². The Morgan fingerprint density at radius 3 is 2.74 bits per heavy atom. The van der Waals surface area contributed by atoms with E-state index in [9.17, 15) is 4.79 Å². The van der Waals surface area contributed by atoms with Crippen molar-refractivity contribution in [3.05, 3.63) is 0 Å². The molecule has 0 spiro atoms. The van der Waals surface area contributed by atoms with Crippen molar-refractivity contribution in [2.75, 3.05) is 5.75 Å². The number of carbonyl (C=O) groups is 1. The first kappa shape index (κ1) is 15.5. The molecule has 5 atom stereocenters. The van der Waals surface area contributed by atoms with Crippen LogP contribution in [0.25, 0.3) is 0 Å². The minimum atomic E-state index is -0.535. The van der Waals surface area contributed by atoms with Gasteiger partial charge in [0.2, 0.25) is 5.44 Å². The first-order chi connectivity index (χ1) is 8.97. The number of ether oxygens (including phenoxy) is 2. The molecule has 2 aliphatic rings. The van der Waals surface area contributed by atoms with E-state index in [1.807, 2.05) is 0 Å². The van der Waals surface area contributed by atoms with Crippen molar-refractivity contribution in [3.8, 4) is 0 Å². The molecule has 0 amide bonds. The van der Waals surface area contributed by atoms with Crippen molar-refractivity contribution in [1.82, 2.24) is 0 Å². The van der Waals surface area contributed by atoms with E-state index in [4.69, 9.17) is 21.1 Å². The van der Waals surface area contributed by atoms with Gasteiger partial charge in [0.25, 0.3) is 0 Å². The number of hydrogen-bond acceptors (Lipinski definition) is 4. The molecule has 0 aromatic carbocycles. The van der Waals surface area contributed by atoms with Gasteiger partial charge < -0.3 is 9.47 Å². The summed E-state index contributed by atoms with van der Waals surface area (Å²) in [6, 6.07) is 0. The molecule has 1 heterocycles. The Kier molecular flexibility index (Phi) is 5.44. The summed E-state index contributed by atoms with van der Waals surface area (Å²) in [6.45, 7) is 6.64. The number of rotatable bonds is 3. The third-order valence-electron chi connectivity index (χ3n) is 4.07. The standard InChI is InChI=1S/C14H23ClO3S/c1-8(2)10-5-4-9(3)6-11(10)17-13(16)14-18-12(15)7-19-14/h8-12,14H,4-7H2,1-3H3/t9-,10+,11-,12-,14-/m1/s1. The summed E-state index contributed by atoms with van der Waals surface area (Å²) in [7, 11) is 0. The first-order valence-electron chi connectivity index (χ1n) is 7.09. The highest BCUT2D eigenvalue weighted by Crippen LogP contribution is 2.36. The van der Waals surface area contributed by atoms with E-state index in [1.54, 1.807) is 0 Å². The van der Waals surface area contributed by atoms with Gasteiger partial charge in [-0.15, -0.1) is 11.8 Å². The molecular weight excluding hydrogens is 284 g/mol. The molecule has 110 valence electrons. The normalized spacial score (nSPS) is 39.5. The van der Waals surface area contributed by atoms with Gasteiger partial charge in [0.1, 0.15) is 11.7 Å². The molecule has 2 fully saturated rings. The maximum atomic E-state index is 12.1. The van der Waals surface area contributed by atoms with Crippen LogP contribution < -0.4 is 0 Å². The van der Waals surface area contributed by atoms with Gasteiger partial charge in [0, 0.05) is 5.75 Å². The summed E-state index contributed by atoms with van der Waals surface area (Å²) in [5, 5.41) is 0. The number of thioether (sulfide) groups is 1. The van der Waals surface area contributed by atoms with Gasteiger partial charge in [0.15, 0.2) is 0 Å². The zero-order valence-corrected chi connectivity index (χ0v) is 13.4. The fraction of sp³-hybridized carbons (Fsp3) is 0.929. The second-order valence-corrected chi connectivity index (χ2v) is 7.59. The molecule has 1 saturated carbocycles. The highest BCUT2D eigenvalue weighted by molar-refractivity contribution is 8.00. The molecule has 5 heteroatoms. The molecule has 2 rings (SSSR count). The first-order valence-corrected chi connectivity index (χ1v) is 8.57. The zero-order valence-electron chi connectivity index (χ0n) is 11.8. The van der Waals surface area contributed by atoms with Gasteiger partial charge in [-0.1, -0.05) is 38.8 Å². The molecule has 1 saturated heterocycles. The molecule has 0 unspecified atom stereocenters. The second-order valence-electron chi connectivity index (χ2n) is 6.01. The molecule has 0 N–H and O–H groups in total. The van der Waals surface area contributed by atoms with Crippen LogP contribution in [0.5, 0.6) is 0 Å². The topological polar surface area (TPSA) is 35.5 Å². The van der Waals surface area contributed by atoms with E-state index >= 15 is 0 Å². The minimum Gasteiger partial charge on any atom is -0.459 e. The monoisotopic (exact) mass is 306 g/mol. The predicted octanol–water partition coefficient (Wildman–Crippen LogP) is 3.64. The van der Waals surface area contributed by atoms with Crippen molar-refractivity contribution >= 4 is 29.3 Å². The van der Waals surface area contributed by atoms with E-state index in [0.29, 0.717) is 23.5 Å². The van der Waals surface area contributed by atoms with Gasteiger partial charge in [-0.2, -0.15) is 0 Å². The SMILES string of the molecule is CC(C)[C@@H]1CC[C@@H](C)C[C@H]1OC(=O)[C@@H]1O[C@@H](Cl)CS1. The van der Waals surface area contributed by atoms with Crippen LogP contribution in [0, 0.1) is 17.8 Å². The number of halogens is 1. The summed E-state index contributed by atoms with van der Waals surface area (Å²) in [5.41, 5.74) is -0.902. The maximum absolute atomic E-state index is 12.1. The molecule has 1 aliphatic carbocycles. The zero-order chi connectivity index (χ0) is 14.0. The lowest BCUT2D eigenvalue weighted by atomic mass is 9.75. The van der Waals surface area contributed by atoms with Crippen LogP contribution in [-0.2, 0) is 14.3 Å². The van der Waals surface area contributed by atoms with Gasteiger partial charge in [-0.3, -0.25) is 0 Å². The fourth-order valence-corrected chi connectivity index (χ4v) is 4.15. The van der Waals surface area contributed by atoms with Crippen LogP contribution in [0.1, 0.15) is 40.0 Å². The molecule has 0 aromatic rings. The Balaban J connectivity index is 1.92. The third kappa shape index (κ3) is 4.02. The number of esters is 1. The quantitative estimate of drug-likeness (QED) is 0.589. The summed E-state index contributed by atoms with van der Waals surface area (Å²) in [4.78, 5) is 12.1. The second kappa shape index (κ2) is 6.68. The van der Waals surface area contributed by atoms with Crippen LogP contribution in [-0.4, -0.2) is 28.8 Å². The van der Waals surface area contributed by atoms with Gasteiger partial charge in [-0.05, 0) is 30.6 Å². The Bertz CT molecular complexity index is 324. The van der Waals surface area contributed by atoms with E-state index in [2.05, 4.69) is 20.8 Å². The Morgan fingerprint density at radius 1 is 1.42 bits per heavy atom. The highest BCUT2D eigenvalue weighted by atomic mass is 35.5. The fourth-order valence-electron chi connectivity index (χ4n) is 2.95. The average molecular weight is 307 g/mol. The lowest BCUT2D eigenvalue weighted by Crippen LogP contribution is -2.38. The summed E-state index contributed by atoms with van der Waals surface area (Å²) in [5.74, 6) is 2.04. The van der Waals surface area contributed by atoms with E-state index < -0.39 is 5.44 Å². The molecule has 0 aromatic heterocycles. The minimum absolute atomic E-state index is 0.0369. The lowest BCUT2D eigenvalue weighted by molar-refractivity contribution is -0.163. The number of hydrogen-bond donors (Lipinski definition) is 0. The van der Waals surface area contributed by atoms with Crippen LogP contribution >= 0.6 is 23.4 Å². The highest BCUT2D eigenvalue weighted by Gasteiger charge is 2.37. The molecule has 3 nitrogen and oxygen atoms in total. The smallest absolute Gasteiger partial charge is 0.346 e. The summed E-state index contributed by atoms with van der Waals surface area (Å²) < 4.78 is 11.1. The van der Waals surface area contributed by atoms with Crippen molar-refractivity contribution in [3.63, 3.8) is 0 Å². The molecule has 1 aliphatic heterocycles. The van der Waals surface area contributed by atoms with Gasteiger partial charge in [-0.25, -0.2) is 4.79 Å². The predicted molar refractivity (Wildman–Crippen MR) is 78.2 cm³/mol. The summed E-state index contributed by atoms with van der Waals surface area (Å²) >= 11 is 7.27. The molecule has 0 radical (unpaired) electrons. The van der Waals surface area contributed by atoms with Crippen LogP contribution in [0.2, 0.25) is 0 Å². The maximum Gasteiger partial charge on any atom is 0.346 e. The lowest BCUT2D eigenvalue weighted by Gasteiger charge is -2.37. The number of alkyl halides is 1. The third-order valence-corrected chi connectivity index (χ3v) is 5.61. The largest absolute Gasteiger partial charge is 0.459 e. The van der Waals surface area contributed by atoms with E-state index in [0.717, 1.165) is 12.8 Å². The van der Waals surface area contributed by atoms with Gasteiger partial charge in [0.05, 0.1) is 0 Å². The van der Waals surface area contributed by atoms with E-state index in [1.165, 1.54) is 18.2 Å². The van der Waals surface area contributed by atoms with Crippen molar-refractivity contribution in [2.45, 2.75) is 57.1 Å². The molecule has 19 heavy (non-hydrogen) atoms. The van der Waals surface area contributed by atoms with Crippen molar-refractivity contribution < 1.29 is 14.3 Å². The Morgan fingerprint density at radius 2 is 2.16 bits per heavy atom. The van der Waals surface area contributed by atoms with Gasteiger partial charge >= 0.3 is 5.97 Å². The molecular formula is C14H23ClO3S. The molecule has 0 bridgehead atoms. The van der Waals surface area contributed by atoms with Crippen LogP contribution in [0.4, 0.5) is 0 Å². The Hall–Kier alpha value is 0.0700. The van der Waals surface area contributed by atoms with Crippen molar-refractivity contribution in [1.29, 1.82) is 0 Å². The van der Waals surface area contributed by atoms with E-state index in [-0.39, 0.29) is 17.6 Å².